The van der Waals surface area contributed by atoms with Gasteiger partial charge in [0.15, 0.2) is 0 Å². The molecule has 0 aliphatic heterocycles. The Labute approximate surface area is 231 Å². The number of rotatable bonds is 22. The van der Waals surface area contributed by atoms with Crippen LogP contribution < -0.4 is 20.1 Å². The summed E-state index contributed by atoms with van der Waals surface area (Å²) in [5.74, 6) is 1.52. The lowest BCUT2D eigenvalue weighted by Gasteiger charge is -2.08. The molecule has 0 atom stereocenters. The van der Waals surface area contributed by atoms with Crippen molar-refractivity contribution in [1.82, 2.24) is 10.6 Å². The van der Waals surface area contributed by atoms with Crippen molar-refractivity contribution < 1.29 is 31.9 Å². The van der Waals surface area contributed by atoms with Gasteiger partial charge in [-0.2, -0.15) is 8.42 Å². The van der Waals surface area contributed by atoms with Crippen molar-refractivity contribution in [1.29, 1.82) is 0 Å². The summed E-state index contributed by atoms with van der Waals surface area (Å²) in [6, 6.07) is 11.8. The van der Waals surface area contributed by atoms with Gasteiger partial charge in [-0.15, -0.1) is 0 Å². The zero-order valence-corrected chi connectivity index (χ0v) is 23.1. The van der Waals surface area contributed by atoms with E-state index >= 15 is 0 Å². The van der Waals surface area contributed by atoms with Crippen LogP contribution in [-0.4, -0.2) is 70.0 Å². The van der Waals surface area contributed by atoms with Crippen LogP contribution in [0.25, 0.3) is 0 Å². The van der Waals surface area contributed by atoms with Crippen LogP contribution in [-0.2, 0) is 13.3 Å². The second-order valence-electron chi connectivity index (χ2n) is 8.17. The highest BCUT2D eigenvalue weighted by Gasteiger charge is 2.11. The van der Waals surface area contributed by atoms with E-state index in [-0.39, 0.29) is 18.0 Å². The summed E-state index contributed by atoms with van der Waals surface area (Å²) in [5.41, 5.74) is 0.0373. The van der Waals surface area contributed by atoms with Crippen molar-refractivity contribution in [2.24, 2.45) is 0 Å². The van der Waals surface area contributed by atoms with Gasteiger partial charge in [0, 0.05) is 43.1 Å². The van der Waals surface area contributed by atoms with Crippen molar-refractivity contribution in [3.63, 3.8) is 0 Å². The minimum absolute atomic E-state index is 0.0174. The molecule has 0 amide bonds. The van der Waals surface area contributed by atoms with Crippen molar-refractivity contribution >= 4 is 31.3 Å². The van der Waals surface area contributed by atoms with Gasteiger partial charge in [0.05, 0.1) is 29.7 Å². The molecule has 2 aromatic carbocycles. The van der Waals surface area contributed by atoms with E-state index in [9.17, 15) is 28.6 Å². The van der Waals surface area contributed by atoms with Crippen molar-refractivity contribution in [3.8, 4) is 11.5 Å². The van der Waals surface area contributed by atoms with E-state index in [0.717, 1.165) is 36.5 Å². The zero-order chi connectivity index (χ0) is 28.3. The number of hydrogen-bond acceptors (Lipinski definition) is 12. The van der Waals surface area contributed by atoms with Gasteiger partial charge in [0.1, 0.15) is 11.5 Å². The molecular formula is C24H34N4O9S2. The summed E-state index contributed by atoms with van der Waals surface area (Å²) in [7, 11) is -2.89. The van der Waals surface area contributed by atoms with E-state index in [1.807, 2.05) is 0 Å². The monoisotopic (exact) mass is 586 g/mol. The van der Waals surface area contributed by atoms with Gasteiger partial charge in [0.25, 0.3) is 11.4 Å². The predicted molar refractivity (Wildman–Crippen MR) is 149 cm³/mol. The predicted octanol–water partition coefficient (Wildman–Crippen LogP) is 3.70. The molecule has 0 aromatic heterocycles. The van der Waals surface area contributed by atoms with Crippen LogP contribution in [0.1, 0.15) is 25.7 Å². The molecule has 15 heteroatoms. The first-order valence-corrected chi connectivity index (χ1v) is 15.4. The van der Waals surface area contributed by atoms with Crippen molar-refractivity contribution in [2.75, 3.05) is 51.8 Å². The van der Waals surface area contributed by atoms with Gasteiger partial charge < -0.3 is 20.1 Å². The highest BCUT2D eigenvalue weighted by atomic mass is 33.1. The first-order chi connectivity index (χ1) is 18.8. The van der Waals surface area contributed by atoms with Crippen LogP contribution >= 0.6 is 10.8 Å². The molecule has 0 aliphatic carbocycles. The molecular weight excluding hydrogens is 552 g/mol. The highest BCUT2D eigenvalue weighted by molar-refractivity contribution is 8.70. The summed E-state index contributed by atoms with van der Waals surface area (Å²) < 4.78 is 39.9. The van der Waals surface area contributed by atoms with E-state index in [4.69, 9.17) is 13.7 Å². The summed E-state index contributed by atoms with van der Waals surface area (Å²) in [5, 5.41) is 27.6. The van der Waals surface area contributed by atoms with Crippen LogP contribution in [0.4, 0.5) is 11.4 Å². The molecule has 0 saturated carbocycles. The minimum atomic E-state index is -3.65. The number of hydrogen-bond donors (Lipinski definition) is 2. The van der Waals surface area contributed by atoms with Crippen LogP contribution in [0.3, 0.4) is 0 Å². The van der Waals surface area contributed by atoms with E-state index < -0.39 is 19.0 Å². The molecule has 0 saturated heterocycles. The van der Waals surface area contributed by atoms with Crippen LogP contribution in [0, 0.1) is 20.2 Å². The molecule has 0 unspecified atom stereocenters. The molecule has 0 radical (unpaired) electrons. The fourth-order valence-corrected chi connectivity index (χ4v) is 5.19. The molecule has 13 nitrogen and oxygen atoms in total. The average Bonchev–Trinajstić information content (AvgIpc) is 2.91. The number of non-ortho nitro benzene ring substituents is 2. The third kappa shape index (κ3) is 14.7. The highest BCUT2D eigenvalue weighted by Crippen LogP contribution is 2.18. The second kappa shape index (κ2) is 18.3. The molecule has 216 valence electrons. The Morgan fingerprint density at radius 2 is 1.13 bits per heavy atom. The zero-order valence-electron chi connectivity index (χ0n) is 21.5. The smallest absolute Gasteiger partial charge is 0.322 e. The van der Waals surface area contributed by atoms with Crippen molar-refractivity contribution in [3.05, 3.63) is 68.8 Å². The number of nitro benzene ring substituents is 2. The number of nitrogens with one attached hydrogen (secondary N) is 2. The molecule has 0 bridgehead atoms. The van der Waals surface area contributed by atoms with Gasteiger partial charge in [-0.1, -0.05) is 0 Å². The Balaban J connectivity index is 1.37. The maximum atomic E-state index is 11.9. The summed E-state index contributed by atoms with van der Waals surface area (Å²) in [4.78, 5) is 20.3. The molecule has 39 heavy (non-hydrogen) atoms. The maximum Gasteiger partial charge on any atom is 0.322 e. The third-order valence-electron chi connectivity index (χ3n) is 5.14. The molecule has 0 spiro atoms. The van der Waals surface area contributed by atoms with E-state index in [2.05, 4.69) is 10.6 Å². The van der Waals surface area contributed by atoms with Gasteiger partial charge >= 0.3 is 9.15 Å². The summed E-state index contributed by atoms with van der Waals surface area (Å²) in [6.45, 7) is 3.35. The quantitative estimate of drug-likeness (QED) is 0.0888. The second-order valence-corrected chi connectivity index (χ2v) is 11.8. The number of unbranched alkanes of at least 4 members (excludes halogenated alkanes) is 2. The number of nitrogens with zero attached hydrogens (tertiary/aromatic N) is 2. The van der Waals surface area contributed by atoms with Crippen LogP contribution in [0.5, 0.6) is 11.5 Å². The summed E-state index contributed by atoms with van der Waals surface area (Å²) >= 11 is 0. The molecule has 0 aliphatic rings. The van der Waals surface area contributed by atoms with E-state index in [1.54, 1.807) is 24.3 Å². The Morgan fingerprint density at radius 1 is 0.667 bits per heavy atom. The number of nitro groups is 2. The van der Waals surface area contributed by atoms with E-state index in [0.29, 0.717) is 56.6 Å². The Kier molecular flexibility index (Phi) is 15.2. The fourth-order valence-electron chi connectivity index (χ4n) is 3.13. The van der Waals surface area contributed by atoms with Crippen molar-refractivity contribution in [2.45, 2.75) is 25.7 Å². The molecule has 2 aromatic rings. The van der Waals surface area contributed by atoms with Gasteiger partial charge in [-0.25, -0.2) is 0 Å². The van der Waals surface area contributed by atoms with Crippen LogP contribution in [0.15, 0.2) is 48.5 Å². The maximum absolute atomic E-state index is 11.9. The lowest BCUT2D eigenvalue weighted by Crippen LogP contribution is -2.23. The SMILES string of the molecule is O=[N+]([O-])c1ccc(OCCCCNCCOS(=O)(=O)SCCNCCCCOc2ccc([N+](=O)[O-])cc2)cc1. The first kappa shape index (κ1) is 32.2. The molecule has 0 fully saturated rings. The number of ether oxygens (including phenoxy) is 2. The largest absolute Gasteiger partial charge is 0.494 e. The van der Waals surface area contributed by atoms with Crippen LogP contribution in [0.2, 0.25) is 0 Å². The van der Waals surface area contributed by atoms with Gasteiger partial charge in [-0.3, -0.25) is 24.4 Å². The normalized spacial score (nSPS) is 11.3. The first-order valence-electron chi connectivity index (χ1n) is 12.5. The van der Waals surface area contributed by atoms with Gasteiger partial charge in [-0.05, 0) is 73.8 Å². The minimum Gasteiger partial charge on any atom is -0.494 e. The third-order valence-corrected chi connectivity index (χ3v) is 7.91. The topological polar surface area (TPSA) is 172 Å². The Morgan fingerprint density at radius 3 is 1.59 bits per heavy atom. The molecule has 2 rings (SSSR count). The standard InChI is InChI=1S/C24H34N4O9S2/c29-27(30)21-5-9-23(10-6-21)35-17-3-1-13-25-15-19-37-39(33,34)38-20-16-26-14-2-4-18-36-24-11-7-22(8-12-24)28(31)32/h5-12,25-26H,1-4,13-20H2. The van der Waals surface area contributed by atoms with Gasteiger partial charge in [0.2, 0.25) is 0 Å². The lowest BCUT2D eigenvalue weighted by molar-refractivity contribution is -0.385. The number of benzene rings is 2. The Bertz CT molecular complexity index is 1020. The summed E-state index contributed by atoms with van der Waals surface area (Å²) in [6.07, 6.45) is 3.23. The lowest BCUT2D eigenvalue weighted by atomic mass is 10.3. The molecule has 2 N–H and O–H groups in total. The Hall–Kier alpha value is -2.98. The molecule has 0 heterocycles. The van der Waals surface area contributed by atoms with E-state index in [1.165, 1.54) is 24.3 Å². The fraction of sp³-hybridized carbons (Fsp3) is 0.500. The average molecular weight is 587 g/mol.